The van der Waals surface area contributed by atoms with E-state index in [1.54, 1.807) is 0 Å². The van der Waals surface area contributed by atoms with E-state index in [4.69, 9.17) is 0 Å². The number of nitrogens with one attached hydrogen (secondary N) is 1. The predicted molar refractivity (Wildman–Crippen MR) is 86.5 cm³/mol. The lowest BCUT2D eigenvalue weighted by molar-refractivity contribution is 0.380. The number of benzene rings is 1. The molecule has 5 heteroatoms. The van der Waals surface area contributed by atoms with Crippen molar-refractivity contribution in [3.8, 4) is 11.8 Å². The first-order chi connectivity index (χ1) is 10.5. The molecule has 1 aromatic carbocycles. The van der Waals surface area contributed by atoms with Crippen LogP contribution in [-0.4, -0.2) is 19.6 Å². The number of anilines is 1. The van der Waals surface area contributed by atoms with Crippen molar-refractivity contribution in [2.75, 3.05) is 5.32 Å². The van der Waals surface area contributed by atoms with E-state index in [1.165, 1.54) is 21.1 Å². The number of hydrogen-bond acceptors (Lipinski definition) is 4. The highest BCUT2D eigenvalue weighted by Crippen LogP contribution is 2.30. The van der Waals surface area contributed by atoms with Gasteiger partial charge >= 0.3 is 0 Å². The van der Waals surface area contributed by atoms with Crippen molar-refractivity contribution >= 4 is 11.3 Å². The molecule has 0 radical (unpaired) electrons. The predicted octanol–water partition coefficient (Wildman–Crippen LogP) is 3.28. The monoisotopic (exact) mass is 297 g/mol. The summed E-state index contributed by atoms with van der Waals surface area (Å²) in [6.07, 6.45) is 0. The minimum Gasteiger partial charge on any atom is -0.490 e. The Morgan fingerprint density at radius 2 is 1.73 bits per heavy atom. The lowest BCUT2D eigenvalue weighted by Crippen LogP contribution is -2.05. The zero-order valence-electron chi connectivity index (χ0n) is 12.9. The Balaban J connectivity index is 1.98. The summed E-state index contributed by atoms with van der Waals surface area (Å²) in [5.41, 5.74) is 5.78. The maximum Gasteiger partial charge on any atom is 0.276 e. The zero-order valence-corrected chi connectivity index (χ0v) is 12.9. The van der Waals surface area contributed by atoms with Gasteiger partial charge in [-0.05, 0) is 49.6 Å². The molecule has 0 unspecified atom stereocenters. The smallest absolute Gasteiger partial charge is 0.276 e. The highest BCUT2D eigenvalue weighted by molar-refractivity contribution is 5.71. The number of rotatable bonds is 3. The highest BCUT2D eigenvalue weighted by atomic mass is 16.3. The molecule has 0 aliphatic heterocycles. The molecule has 3 rings (SSSR count). The first-order valence-electron chi connectivity index (χ1n) is 7.18. The number of hydrogen-bond donors (Lipinski definition) is 3. The van der Waals surface area contributed by atoms with E-state index in [-0.39, 0.29) is 11.8 Å². The number of nitrogens with zero attached hydrogens (tertiary/aromatic N) is 2. The van der Waals surface area contributed by atoms with Crippen LogP contribution in [0.4, 0.5) is 5.69 Å². The molecular weight excluding hydrogens is 278 g/mol. The molecule has 0 aliphatic rings. The quantitative estimate of drug-likeness (QED) is 0.694. The van der Waals surface area contributed by atoms with Gasteiger partial charge in [-0.25, -0.2) is 0 Å². The zero-order chi connectivity index (χ0) is 15.9. The maximum atomic E-state index is 9.90. The van der Waals surface area contributed by atoms with Crippen LogP contribution in [0, 0.1) is 20.8 Å². The Morgan fingerprint density at radius 3 is 2.41 bits per heavy atom. The summed E-state index contributed by atoms with van der Waals surface area (Å²) in [4.78, 5) is 4.04. The first kappa shape index (κ1) is 14.3. The normalized spacial score (nSPS) is 11.0. The molecule has 0 fully saturated rings. The fourth-order valence-electron chi connectivity index (χ4n) is 2.72. The van der Waals surface area contributed by atoms with Crippen LogP contribution in [0.1, 0.15) is 22.4 Å². The van der Waals surface area contributed by atoms with E-state index in [0.29, 0.717) is 12.2 Å². The van der Waals surface area contributed by atoms with Gasteiger partial charge in [0, 0.05) is 12.2 Å². The second-order valence-corrected chi connectivity index (χ2v) is 5.53. The van der Waals surface area contributed by atoms with Crippen molar-refractivity contribution in [3.05, 3.63) is 52.7 Å². The molecule has 0 saturated heterocycles. The highest BCUT2D eigenvalue weighted by Gasteiger charge is 2.15. The third kappa shape index (κ3) is 2.24. The number of aromatic nitrogens is 2. The average molecular weight is 297 g/mol. The number of aromatic hydroxyl groups is 2. The Labute approximate surface area is 128 Å². The summed E-state index contributed by atoms with van der Waals surface area (Å²) < 4.78 is 1.53. The molecule has 0 amide bonds. The van der Waals surface area contributed by atoms with Crippen molar-refractivity contribution < 1.29 is 10.2 Å². The lowest BCUT2D eigenvalue weighted by atomic mass is 10.0. The van der Waals surface area contributed by atoms with Gasteiger partial charge in [0.1, 0.15) is 0 Å². The van der Waals surface area contributed by atoms with Gasteiger partial charge < -0.3 is 15.5 Å². The summed E-state index contributed by atoms with van der Waals surface area (Å²) in [7, 11) is 0. The minimum atomic E-state index is -0.357. The number of aryl methyl sites for hydroxylation is 3. The molecule has 22 heavy (non-hydrogen) atoms. The van der Waals surface area contributed by atoms with Crippen LogP contribution in [0.3, 0.4) is 0 Å². The van der Waals surface area contributed by atoms with Crippen LogP contribution in [0.2, 0.25) is 0 Å². The number of imidazole rings is 1. The molecule has 2 heterocycles. The average Bonchev–Trinajstić information content (AvgIpc) is 2.77. The molecule has 0 atom stereocenters. The van der Waals surface area contributed by atoms with E-state index in [1.807, 2.05) is 25.1 Å². The Morgan fingerprint density at radius 1 is 1.05 bits per heavy atom. The third-order valence-corrected chi connectivity index (χ3v) is 4.02. The van der Waals surface area contributed by atoms with Gasteiger partial charge in [-0.2, -0.15) is 4.98 Å². The summed E-state index contributed by atoms with van der Waals surface area (Å²) >= 11 is 0. The first-order valence-corrected chi connectivity index (χ1v) is 7.18. The molecule has 0 saturated carbocycles. The van der Waals surface area contributed by atoms with E-state index >= 15 is 0 Å². The van der Waals surface area contributed by atoms with Crippen molar-refractivity contribution in [2.45, 2.75) is 27.3 Å². The number of pyridine rings is 1. The molecule has 5 nitrogen and oxygen atoms in total. The molecule has 3 N–H and O–H groups in total. The van der Waals surface area contributed by atoms with Crippen molar-refractivity contribution in [1.82, 2.24) is 9.38 Å². The summed E-state index contributed by atoms with van der Waals surface area (Å²) in [6, 6.07) is 10.00. The van der Waals surface area contributed by atoms with Crippen molar-refractivity contribution in [1.29, 1.82) is 0 Å². The maximum absolute atomic E-state index is 9.90. The molecule has 0 aliphatic carbocycles. The van der Waals surface area contributed by atoms with Crippen LogP contribution in [0.5, 0.6) is 11.8 Å². The SMILES string of the molecule is Cc1cccc(C)c1CNc1ccc(C)n2c(O)c(O)nc12. The summed E-state index contributed by atoms with van der Waals surface area (Å²) in [5.74, 6) is -0.590. The minimum absolute atomic E-state index is 0.233. The van der Waals surface area contributed by atoms with Crippen LogP contribution in [-0.2, 0) is 6.54 Å². The second kappa shape index (κ2) is 5.26. The van der Waals surface area contributed by atoms with E-state index in [0.717, 1.165) is 11.4 Å². The fourth-order valence-corrected chi connectivity index (χ4v) is 2.72. The van der Waals surface area contributed by atoms with Gasteiger partial charge in [0.2, 0.25) is 0 Å². The Kier molecular flexibility index (Phi) is 3.41. The molecule has 114 valence electrons. The Hall–Kier alpha value is -2.69. The molecule has 2 aromatic heterocycles. The van der Waals surface area contributed by atoms with Crippen LogP contribution >= 0.6 is 0 Å². The van der Waals surface area contributed by atoms with Gasteiger partial charge in [0.15, 0.2) is 5.65 Å². The van der Waals surface area contributed by atoms with E-state index in [2.05, 4.69) is 36.3 Å². The summed E-state index contributed by atoms with van der Waals surface area (Å²) in [6.45, 7) is 6.68. The largest absolute Gasteiger partial charge is 0.490 e. The molecule has 0 bridgehead atoms. The molecule has 3 aromatic rings. The molecule has 0 spiro atoms. The van der Waals surface area contributed by atoms with E-state index < -0.39 is 0 Å². The topological polar surface area (TPSA) is 69.8 Å². The van der Waals surface area contributed by atoms with Crippen LogP contribution in [0.25, 0.3) is 5.65 Å². The van der Waals surface area contributed by atoms with Gasteiger partial charge in [-0.15, -0.1) is 0 Å². The van der Waals surface area contributed by atoms with Gasteiger partial charge in [-0.1, -0.05) is 18.2 Å². The summed E-state index contributed by atoms with van der Waals surface area (Å²) in [5, 5.41) is 22.9. The van der Waals surface area contributed by atoms with Gasteiger partial charge in [-0.3, -0.25) is 4.40 Å². The standard InChI is InChI=1S/C17H19N3O2/c1-10-5-4-6-11(2)13(10)9-18-14-8-7-12(3)20-15(14)19-16(21)17(20)22/h4-8,18,21-22H,9H2,1-3H3. The molecular formula is C17H19N3O2. The van der Waals surface area contributed by atoms with Gasteiger partial charge in [0.25, 0.3) is 11.8 Å². The second-order valence-electron chi connectivity index (χ2n) is 5.53. The van der Waals surface area contributed by atoms with Gasteiger partial charge in [0.05, 0.1) is 5.69 Å². The van der Waals surface area contributed by atoms with Crippen LogP contribution in [0.15, 0.2) is 30.3 Å². The van der Waals surface area contributed by atoms with Crippen molar-refractivity contribution in [3.63, 3.8) is 0 Å². The van der Waals surface area contributed by atoms with Crippen molar-refractivity contribution in [2.24, 2.45) is 0 Å². The number of fused-ring (bicyclic) bond motifs is 1. The van der Waals surface area contributed by atoms with E-state index in [9.17, 15) is 10.2 Å². The fraction of sp³-hybridized carbons (Fsp3) is 0.235. The third-order valence-electron chi connectivity index (χ3n) is 4.02. The lowest BCUT2D eigenvalue weighted by Gasteiger charge is -2.13. The van der Waals surface area contributed by atoms with Crippen LogP contribution < -0.4 is 5.32 Å². The Bertz CT molecular complexity index is 832.